The molecule has 3 heterocycles. The molecule has 0 unspecified atom stereocenters. The predicted molar refractivity (Wildman–Crippen MR) is 141 cm³/mol. The average molecular weight is 469 g/mol. The number of benzene rings is 2. The molecule has 1 saturated heterocycles. The zero-order chi connectivity index (χ0) is 24.6. The van der Waals surface area contributed by atoms with Gasteiger partial charge in [0.1, 0.15) is 5.60 Å². The molecule has 0 bridgehead atoms. The van der Waals surface area contributed by atoms with Crippen LogP contribution in [0.4, 0.5) is 10.5 Å². The van der Waals surface area contributed by atoms with Crippen LogP contribution in [0.2, 0.25) is 0 Å². The number of nitrogens with zero attached hydrogens (tertiary/aromatic N) is 4. The third-order valence-electron chi connectivity index (χ3n) is 6.39. The summed E-state index contributed by atoms with van der Waals surface area (Å²) in [7, 11) is 0. The van der Waals surface area contributed by atoms with E-state index in [2.05, 4.69) is 70.0 Å². The number of hydrogen-bond donors (Lipinski definition) is 0. The largest absolute Gasteiger partial charge is 0.444 e. The van der Waals surface area contributed by atoms with Crippen LogP contribution in [0.1, 0.15) is 26.3 Å². The third kappa shape index (κ3) is 4.87. The fourth-order valence-corrected chi connectivity index (χ4v) is 4.57. The molecular formula is C29H32N4O2. The first-order chi connectivity index (χ1) is 16.8. The van der Waals surface area contributed by atoms with Gasteiger partial charge in [-0.25, -0.2) is 4.79 Å². The maximum absolute atomic E-state index is 12.5. The van der Waals surface area contributed by atoms with E-state index in [1.54, 1.807) is 4.90 Å². The van der Waals surface area contributed by atoms with Gasteiger partial charge in [-0.3, -0.25) is 4.98 Å². The fourth-order valence-electron chi connectivity index (χ4n) is 4.57. The number of carbonyl (C=O) groups excluding carboxylic acids is 1. The molecule has 0 atom stereocenters. The summed E-state index contributed by atoms with van der Waals surface area (Å²) in [6.07, 6.45) is 5.63. The van der Waals surface area contributed by atoms with E-state index < -0.39 is 5.60 Å². The minimum atomic E-state index is -0.479. The first-order valence-electron chi connectivity index (χ1n) is 12.1. The Morgan fingerprint density at radius 3 is 2.23 bits per heavy atom. The summed E-state index contributed by atoms with van der Waals surface area (Å²) in [5, 5.41) is 1.21. The number of amides is 1. The van der Waals surface area contributed by atoms with Crippen molar-refractivity contribution in [2.75, 3.05) is 31.1 Å². The number of rotatable bonds is 3. The summed E-state index contributed by atoms with van der Waals surface area (Å²) >= 11 is 0. The van der Waals surface area contributed by atoms with Gasteiger partial charge in [0.2, 0.25) is 0 Å². The third-order valence-corrected chi connectivity index (χ3v) is 6.39. The number of aromatic nitrogens is 2. The second-order valence-corrected chi connectivity index (χ2v) is 10.1. The molecule has 1 aliphatic heterocycles. The Labute approximate surface area is 206 Å². The van der Waals surface area contributed by atoms with Crippen LogP contribution in [-0.2, 0) is 4.74 Å². The van der Waals surface area contributed by atoms with Crippen molar-refractivity contribution in [1.29, 1.82) is 0 Å². The fraction of sp³-hybridized carbons (Fsp3) is 0.310. The molecule has 0 spiro atoms. The van der Waals surface area contributed by atoms with Crippen molar-refractivity contribution in [3.05, 3.63) is 78.8 Å². The molecule has 4 aromatic rings. The predicted octanol–water partition coefficient (Wildman–Crippen LogP) is 6.06. The molecule has 0 saturated carbocycles. The van der Waals surface area contributed by atoms with Gasteiger partial charge in [-0.1, -0.05) is 35.9 Å². The van der Waals surface area contributed by atoms with E-state index in [4.69, 9.17) is 4.74 Å². The molecule has 2 aromatic heterocycles. The van der Waals surface area contributed by atoms with Crippen molar-refractivity contribution in [1.82, 2.24) is 14.5 Å². The smallest absolute Gasteiger partial charge is 0.410 e. The molecule has 2 aromatic carbocycles. The molecule has 0 radical (unpaired) electrons. The summed E-state index contributed by atoms with van der Waals surface area (Å²) in [5.74, 6) is 0. The van der Waals surface area contributed by atoms with Crippen LogP contribution < -0.4 is 4.90 Å². The van der Waals surface area contributed by atoms with Crippen LogP contribution in [0.25, 0.3) is 27.7 Å². The van der Waals surface area contributed by atoms with Crippen molar-refractivity contribution in [3.8, 4) is 16.8 Å². The molecule has 6 heteroatoms. The van der Waals surface area contributed by atoms with Gasteiger partial charge in [-0.15, -0.1) is 0 Å². The van der Waals surface area contributed by atoms with Gasteiger partial charge in [-0.05, 0) is 57.5 Å². The zero-order valence-electron chi connectivity index (χ0n) is 20.9. The van der Waals surface area contributed by atoms with E-state index in [1.165, 1.54) is 22.1 Å². The van der Waals surface area contributed by atoms with E-state index in [9.17, 15) is 4.79 Å². The number of aryl methyl sites for hydroxylation is 1. The number of hydrogen-bond acceptors (Lipinski definition) is 4. The lowest BCUT2D eigenvalue weighted by molar-refractivity contribution is 0.0240. The SMILES string of the molecule is Cc1ccc(-c2cn(-c3ccncc3)c3cc(N4CCN(C(=O)OC(C)(C)C)CC4)ccc23)cc1. The van der Waals surface area contributed by atoms with Crippen LogP contribution in [0.15, 0.2) is 73.2 Å². The normalized spacial score (nSPS) is 14.4. The Hall–Kier alpha value is -3.80. The lowest BCUT2D eigenvalue weighted by atomic mass is 10.0. The average Bonchev–Trinajstić information content (AvgIpc) is 3.23. The highest BCUT2D eigenvalue weighted by atomic mass is 16.6. The van der Waals surface area contributed by atoms with Gasteiger partial charge < -0.3 is 19.1 Å². The summed E-state index contributed by atoms with van der Waals surface area (Å²) in [5.41, 5.74) is 6.57. The number of piperazine rings is 1. The minimum Gasteiger partial charge on any atom is -0.444 e. The van der Waals surface area contributed by atoms with Gasteiger partial charge in [0.25, 0.3) is 0 Å². The number of carbonyl (C=O) groups is 1. The van der Waals surface area contributed by atoms with Crippen molar-refractivity contribution < 1.29 is 9.53 Å². The Bertz CT molecular complexity index is 1330. The lowest BCUT2D eigenvalue weighted by Crippen LogP contribution is -2.50. The summed E-state index contributed by atoms with van der Waals surface area (Å²) in [4.78, 5) is 20.8. The second-order valence-electron chi connectivity index (χ2n) is 10.1. The minimum absolute atomic E-state index is 0.234. The maximum Gasteiger partial charge on any atom is 0.410 e. The number of pyridine rings is 1. The zero-order valence-corrected chi connectivity index (χ0v) is 20.9. The molecule has 5 rings (SSSR count). The van der Waals surface area contributed by atoms with Crippen molar-refractivity contribution in [2.24, 2.45) is 0 Å². The van der Waals surface area contributed by atoms with Gasteiger partial charge in [-0.2, -0.15) is 0 Å². The lowest BCUT2D eigenvalue weighted by Gasteiger charge is -2.36. The van der Waals surface area contributed by atoms with Crippen LogP contribution in [0, 0.1) is 6.92 Å². The highest BCUT2D eigenvalue weighted by molar-refractivity contribution is 5.98. The molecule has 1 amide bonds. The highest BCUT2D eigenvalue weighted by Gasteiger charge is 2.26. The Balaban J connectivity index is 1.47. The van der Waals surface area contributed by atoms with Crippen molar-refractivity contribution in [2.45, 2.75) is 33.3 Å². The number of ether oxygens (including phenoxy) is 1. The molecular weight excluding hydrogens is 436 g/mol. The van der Waals surface area contributed by atoms with E-state index in [-0.39, 0.29) is 6.09 Å². The molecule has 6 nitrogen and oxygen atoms in total. The molecule has 0 N–H and O–H groups in total. The van der Waals surface area contributed by atoms with Crippen LogP contribution >= 0.6 is 0 Å². The van der Waals surface area contributed by atoms with E-state index in [0.717, 1.165) is 30.0 Å². The highest BCUT2D eigenvalue weighted by Crippen LogP contribution is 2.35. The Morgan fingerprint density at radius 2 is 1.57 bits per heavy atom. The second kappa shape index (κ2) is 9.10. The topological polar surface area (TPSA) is 50.6 Å². The van der Waals surface area contributed by atoms with Gasteiger partial charge in [0.15, 0.2) is 0 Å². The van der Waals surface area contributed by atoms with Crippen molar-refractivity contribution >= 4 is 22.7 Å². The number of fused-ring (bicyclic) bond motifs is 1. The molecule has 1 aliphatic rings. The molecule has 0 aliphatic carbocycles. The van der Waals surface area contributed by atoms with E-state index in [1.807, 2.05) is 45.3 Å². The molecule has 180 valence electrons. The quantitative estimate of drug-likeness (QED) is 0.367. The van der Waals surface area contributed by atoms with Gasteiger partial charge in [0, 0.05) is 67.1 Å². The molecule has 35 heavy (non-hydrogen) atoms. The first-order valence-corrected chi connectivity index (χ1v) is 12.1. The summed E-state index contributed by atoms with van der Waals surface area (Å²) < 4.78 is 7.80. The summed E-state index contributed by atoms with van der Waals surface area (Å²) in [6.45, 7) is 10.6. The van der Waals surface area contributed by atoms with Crippen molar-refractivity contribution in [3.63, 3.8) is 0 Å². The summed E-state index contributed by atoms with van der Waals surface area (Å²) in [6, 6.07) is 19.4. The Kier molecular flexibility index (Phi) is 5.97. The van der Waals surface area contributed by atoms with E-state index in [0.29, 0.717) is 13.1 Å². The van der Waals surface area contributed by atoms with E-state index >= 15 is 0 Å². The van der Waals surface area contributed by atoms with Crippen LogP contribution in [-0.4, -0.2) is 52.3 Å². The monoisotopic (exact) mass is 468 g/mol. The van der Waals surface area contributed by atoms with Crippen LogP contribution in [0.5, 0.6) is 0 Å². The first kappa shape index (κ1) is 23.0. The Morgan fingerprint density at radius 1 is 0.886 bits per heavy atom. The standard InChI is InChI=1S/C29H32N4O2/c1-21-5-7-22(8-6-21)26-20-33(23-11-13-30-14-12-23)27-19-24(9-10-25(26)27)31-15-17-32(18-16-31)28(34)35-29(2,3)4/h5-14,19-20H,15-18H2,1-4H3. The number of anilines is 1. The maximum atomic E-state index is 12.5. The van der Waals surface area contributed by atoms with Gasteiger partial charge in [0.05, 0.1) is 5.52 Å². The van der Waals surface area contributed by atoms with Gasteiger partial charge >= 0.3 is 6.09 Å². The molecule has 1 fully saturated rings. The van der Waals surface area contributed by atoms with Crippen LogP contribution in [0.3, 0.4) is 0 Å².